The van der Waals surface area contributed by atoms with E-state index >= 15 is 0 Å². The van der Waals surface area contributed by atoms with Crippen LogP contribution in [0.15, 0.2) is 24.3 Å². The summed E-state index contributed by atoms with van der Waals surface area (Å²) >= 11 is 0. The smallest absolute Gasteiger partial charge is 0.410 e. The van der Waals surface area contributed by atoms with Crippen molar-refractivity contribution in [2.45, 2.75) is 142 Å². The van der Waals surface area contributed by atoms with Crippen molar-refractivity contribution < 1.29 is 23.5 Å². The molecule has 1 heterocycles. The molecular weight excluding hydrogens is 530 g/mol. The van der Waals surface area contributed by atoms with E-state index in [2.05, 4.69) is 58.1 Å². The predicted molar refractivity (Wildman–Crippen MR) is 169 cm³/mol. The number of carbonyl (C=O) groups is 2. The molecule has 1 saturated carbocycles. The van der Waals surface area contributed by atoms with E-state index in [9.17, 15) is 9.59 Å². The summed E-state index contributed by atoms with van der Waals surface area (Å²) in [6, 6.07) is 8.88. The Labute approximate surface area is 251 Å². The van der Waals surface area contributed by atoms with Gasteiger partial charge in [-0.1, -0.05) is 45.0 Å². The van der Waals surface area contributed by atoms with Gasteiger partial charge in [-0.25, -0.2) is 4.79 Å². The van der Waals surface area contributed by atoms with Gasteiger partial charge in [0.2, 0.25) is 0 Å². The summed E-state index contributed by atoms with van der Waals surface area (Å²) in [6.07, 6.45) is 6.00. The molecule has 0 N–H and O–H groups in total. The average Bonchev–Trinajstić information content (AvgIpc) is 3.30. The van der Waals surface area contributed by atoms with Crippen LogP contribution in [0.25, 0.3) is 0 Å². The molecule has 2 aliphatic rings. The van der Waals surface area contributed by atoms with E-state index in [1.807, 2.05) is 41.5 Å². The van der Waals surface area contributed by atoms with Gasteiger partial charge in [-0.05, 0) is 121 Å². The van der Waals surface area contributed by atoms with Crippen LogP contribution in [-0.2, 0) is 25.1 Å². The first kappa shape index (κ1) is 33.6. The third-order valence-corrected chi connectivity index (χ3v) is 13.5. The Morgan fingerprint density at radius 3 is 1.93 bits per heavy atom. The molecule has 1 aromatic rings. The summed E-state index contributed by atoms with van der Waals surface area (Å²) in [4.78, 5) is 27.8. The van der Waals surface area contributed by atoms with Gasteiger partial charge >= 0.3 is 12.1 Å². The lowest BCUT2D eigenvalue weighted by molar-refractivity contribution is -0.161. The predicted octanol–water partition coefficient (Wildman–Crippen LogP) is 8.49. The lowest BCUT2D eigenvalue weighted by Crippen LogP contribution is -2.44. The molecule has 1 amide bonds. The number of ether oxygens (including phenoxy) is 2. The van der Waals surface area contributed by atoms with Gasteiger partial charge in [0.25, 0.3) is 0 Å². The van der Waals surface area contributed by atoms with Gasteiger partial charge in [0.1, 0.15) is 11.2 Å². The van der Waals surface area contributed by atoms with Gasteiger partial charge in [-0.15, -0.1) is 0 Å². The molecule has 0 unspecified atom stereocenters. The zero-order chi connectivity index (χ0) is 30.8. The molecule has 1 aliphatic carbocycles. The first-order valence-electron chi connectivity index (χ1n) is 15.7. The molecule has 6 nitrogen and oxygen atoms in total. The maximum Gasteiger partial charge on any atom is 0.410 e. The van der Waals surface area contributed by atoms with Gasteiger partial charge < -0.3 is 18.8 Å². The van der Waals surface area contributed by atoms with Crippen molar-refractivity contribution in [1.29, 1.82) is 0 Å². The lowest BCUT2D eigenvalue weighted by atomic mass is 9.81. The van der Waals surface area contributed by atoms with Crippen molar-refractivity contribution >= 4 is 20.4 Å². The molecule has 7 heteroatoms. The number of hydrogen-bond donors (Lipinski definition) is 0. The number of nitrogens with zero attached hydrogens (tertiary/aromatic N) is 1. The Bertz CT molecular complexity index is 1020. The molecule has 232 valence electrons. The molecule has 0 radical (unpaired) electrons. The highest BCUT2D eigenvalue weighted by molar-refractivity contribution is 6.74. The van der Waals surface area contributed by atoms with Crippen molar-refractivity contribution in [2.75, 3.05) is 13.1 Å². The molecule has 1 aliphatic heterocycles. The first-order chi connectivity index (χ1) is 18.7. The zero-order valence-electron chi connectivity index (χ0n) is 27.8. The fourth-order valence-corrected chi connectivity index (χ4v) is 7.14. The number of esters is 1. The second-order valence-corrected chi connectivity index (χ2v) is 20.7. The summed E-state index contributed by atoms with van der Waals surface area (Å²) in [5.74, 6) is 0.100. The maximum atomic E-state index is 13.4. The lowest BCUT2D eigenvalue weighted by Gasteiger charge is -2.41. The minimum absolute atomic E-state index is 0.0354. The van der Waals surface area contributed by atoms with Crippen molar-refractivity contribution in [2.24, 2.45) is 11.8 Å². The van der Waals surface area contributed by atoms with Gasteiger partial charge in [0.15, 0.2) is 8.32 Å². The molecule has 41 heavy (non-hydrogen) atoms. The molecule has 3 rings (SSSR count). The van der Waals surface area contributed by atoms with Crippen molar-refractivity contribution in [3.8, 4) is 0 Å². The highest BCUT2D eigenvalue weighted by Gasteiger charge is 2.41. The monoisotopic (exact) mass is 587 g/mol. The molecule has 1 saturated heterocycles. The minimum atomic E-state index is -1.74. The number of amides is 1. The number of carbonyl (C=O) groups excluding carboxylic acids is 2. The largest absolute Gasteiger partial charge is 0.460 e. The van der Waals surface area contributed by atoms with E-state index in [1.165, 1.54) is 5.56 Å². The Hall–Kier alpha value is -1.86. The molecule has 2 atom stereocenters. The number of hydrogen-bond acceptors (Lipinski definition) is 5. The minimum Gasteiger partial charge on any atom is -0.460 e. The fraction of sp³-hybridized carbons (Fsp3) is 0.765. The van der Waals surface area contributed by atoms with E-state index in [1.54, 1.807) is 4.90 Å². The van der Waals surface area contributed by atoms with Crippen molar-refractivity contribution in [3.05, 3.63) is 35.4 Å². The summed E-state index contributed by atoms with van der Waals surface area (Å²) in [5, 5.41) is 0.239. The Morgan fingerprint density at radius 1 is 0.854 bits per heavy atom. The van der Waals surface area contributed by atoms with Crippen LogP contribution in [0.4, 0.5) is 4.79 Å². The topological polar surface area (TPSA) is 65.1 Å². The normalized spacial score (nSPS) is 23.3. The molecule has 0 spiro atoms. The summed E-state index contributed by atoms with van der Waals surface area (Å²) in [7, 11) is -1.74. The molecule has 0 bridgehead atoms. The second kappa shape index (κ2) is 12.8. The van der Waals surface area contributed by atoms with Crippen LogP contribution in [0, 0.1) is 11.8 Å². The SMILES string of the molecule is CC(C)(C)OC(=O)[C@@H](Cc1ccc(C2CCC(O[Si](C)(C)C(C)(C)C)CC2)cc1)[C@H]1CCN(C(=O)OC(C)(C)C)C1. The Kier molecular flexibility index (Phi) is 10.5. The van der Waals surface area contributed by atoms with Crippen LogP contribution in [0.2, 0.25) is 18.1 Å². The number of likely N-dealkylation sites (tertiary alicyclic amines) is 1. The quantitative estimate of drug-likeness (QED) is 0.236. The highest BCUT2D eigenvalue weighted by Crippen LogP contribution is 2.41. The molecule has 2 fully saturated rings. The van der Waals surface area contributed by atoms with Gasteiger partial charge in [-0.2, -0.15) is 0 Å². The third-order valence-electron chi connectivity index (χ3n) is 9.00. The third kappa shape index (κ3) is 9.84. The number of benzene rings is 1. The molecular formula is C34H57NO5Si. The Morgan fingerprint density at radius 2 is 1.41 bits per heavy atom. The fourth-order valence-electron chi connectivity index (χ4n) is 5.72. The van der Waals surface area contributed by atoms with Crippen LogP contribution in [-0.4, -0.2) is 55.7 Å². The van der Waals surface area contributed by atoms with Gasteiger partial charge in [-0.3, -0.25) is 4.79 Å². The summed E-state index contributed by atoms with van der Waals surface area (Å²) in [5.41, 5.74) is 1.41. The van der Waals surface area contributed by atoms with Gasteiger partial charge in [0, 0.05) is 19.2 Å². The summed E-state index contributed by atoms with van der Waals surface area (Å²) < 4.78 is 18.2. The first-order valence-corrected chi connectivity index (χ1v) is 18.6. The van der Waals surface area contributed by atoms with Crippen LogP contribution in [0.1, 0.15) is 111 Å². The standard InChI is InChI=1S/C34H57NO5Si/c1-32(2,3)38-30(36)29(27-20-21-35(23-27)31(37)39-33(4,5)6)22-24-12-14-25(15-13-24)26-16-18-28(19-17-26)40-41(10,11)34(7,8)9/h12-15,26-29H,16-23H2,1-11H3/t26?,27-,28?,29-/m0/s1. The van der Waals surface area contributed by atoms with E-state index < -0.39 is 19.5 Å². The average molecular weight is 588 g/mol. The van der Waals surface area contributed by atoms with E-state index in [0.29, 0.717) is 31.5 Å². The number of rotatable bonds is 7. The zero-order valence-corrected chi connectivity index (χ0v) is 28.8. The second-order valence-electron chi connectivity index (χ2n) is 15.9. The van der Waals surface area contributed by atoms with Crippen molar-refractivity contribution in [1.82, 2.24) is 4.90 Å². The van der Waals surface area contributed by atoms with Crippen LogP contribution >= 0.6 is 0 Å². The van der Waals surface area contributed by atoms with Gasteiger partial charge in [0.05, 0.1) is 5.92 Å². The van der Waals surface area contributed by atoms with Crippen LogP contribution < -0.4 is 0 Å². The van der Waals surface area contributed by atoms with Crippen molar-refractivity contribution in [3.63, 3.8) is 0 Å². The maximum absolute atomic E-state index is 13.4. The van der Waals surface area contributed by atoms with E-state index in [4.69, 9.17) is 13.9 Å². The van der Waals surface area contributed by atoms with Crippen LogP contribution in [0.3, 0.4) is 0 Å². The van der Waals surface area contributed by atoms with Crippen LogP contribution in [0.5, 0.6) is 0 Å². The molecule has 1 aromatic carbocycles. The Balaban J connectivity index is 1.64. The highest BCUT2D eigenvalue weighted by atomic mass is 28.4. The van der Waals surface area contributed by atoms with E-state index in [0.717, 1.165) is 37.7 Å². The van der Waals surface area contributed by atoms with E-state index in [-0.39, 0.29) is 28.9 Å². The molecule has 0 aromatic heterocycles. The summed E-state index contributed by atoms with van der Waals surface area (Å²) in [6.45, 7) is 24.1.